The van der Waals surface area contributed by atoms with Gasteiger partial charge >= 0.3 is 0 Å². The summed E-state index contributed by atoms with van der Waals surface area (Å²) < 4.78 is 0. The van der Waals surface area contributed by atoms with Crippen LogP contribution in [0.3, 0.4) is 0 Å². The summed E-state index contributed by atoms with van der Waals surface area (Å²) in [6.07, 6.45) is 7.87. The quantitative estimate of drug-likeness (QED) is 0.765. The summed E-state index contributed by atoms with van der Waals surface area (Å²) in [5.41, 5.74) is -0.435. The molecule has 2 rings (SSSR count). The fourth-order valence-corrected chi connectivity index (χ4v) is 3.23. The average molecular weight is 227 g/mol. The van der Waals surface area contributed by atoms with E-state index in [9.17, 15) is 10.2 Å². The van der Waals surface area contributed by atoms with E-state index in [0.29, 0.717) is 12.5 Å². The van der Waals surface area contributed by atoms with Crippen LogP contribution in [0.5, 0.6) is 0 Å². The minimum atomic E-state index is -0.435. The van der Waals surface area contributed by atoms with Gasteiger partial charge < -0.3 is 15.1 Å². The second kappa shape index (κ2) is 5.48. The maximum atomic E-state index is 10.5. The van der Waals surface area contributed by atoms with Crippen molar-refractivity contribution in [1.82, 2.24) is 4.90 Å². The Morgan fingerprint density at radius 1 is 1.12 bits per heavy atom. The van der Waals surface area contributed by atoms with Crippen molar-refractivity contribution in [2.45, 2.75) is 50.5 Å². The number of hydrogen-bond donors (Lipinski definition) is 2. The Balaban J connectivity index is 1.83. The van der Waals surface area contributed by atoms with E-state index in [2.05, 4.69) is 4.90 Å². The third kappa shape index (κ3) is 3.19. The van der Waals surface area contributed by atoms with Crippen molar-refractivity contribution in [3.63, 3.8) is 0 Å². The molecule has 1 heterocycles. The lowest BCUT2D eigenvalue weighted by atomic mass is 9.84. The fourth-order valence-electron chi connectivity index (χ4n) is 3.23. The molecule has 0 amide bonds. The lowest BCUT2D eigenvalue weighted by Gasteiger charge is -2.40. The molecule has 1 unspecified atom stereocenters. The largest absolute Gasteiger partial charge is 0.396 e. The standard InChI is InChI=1S/C13H25NO2/c15-10-12-5-4-8-14(9-12)11-13(16)6-2-1-3-7-13/h12,15-16H,1-11H2. The zero-order valence-corrected chi connectivity index (χ0v) is 10.2. The number of hydrogen-bond acceptors (Lipinski definition) is 3. The number of nitrogens with zero attached hydrogens (tertiary/aromatic N) is 1. The molecule has 1 saturated carbocycles. The van der Waals surface area contributed by atoms with Crippen molar-refractivity contribution in [2.24, 2.45) is 5.92 Å². The average Bonchev–Trinajstić information content (AvgIpc) is 2.29. The highest BCUT2D eigenvalue weighted by Gasteiger charge is 2.32. The van der Waals surface area contributed by atoms with E-state index in [1.807, 2.05) is 0 Å². The molecular formula is C13H25NO2. The number of β-amino-alcohol motifs (C(OH)–C–C–N with tert-alkyl or cyclic N) is 1. The van der Waals surface area contributed by atoms with Crippen LogP contribution in [-0.4, -0.2) is 47.0 Å². The highest BCUT2D eigenvalue weighted by molar-refractivity contribution is 4.87. The van der Waals surface area contributed by atoms with Crippen molar-refractivity contribution in [3.05, 3.63) is 0 Å². The molecule has 0 aromatic heterocycles. The van der Waals surface area contributed by atoms with Crippen LogP contribution < -0.4 is 0 Å². The van der Waals surface area contributed by atoms with Gasteiger partial charge in [0, 0.05) is 19.7 Å². The molecule has 2 aliphatic rings. The first-order valence-corrected chi connectivity index (χ1v) is 6.77. The monoisotopic (exact) mass is 227 g/mol. The zero-order valence-electron chi connectivity index (χ0n) is 10.2. The third-order valence-corrected chi connectivity index (χ3v) is 4.16. The van der Waals surface area contributed by atoms with Gasteiger partial charge in [-0.15, -0.1) is 0 Å². The Morgan fingerprint density at radius 3 is 2.56 bits per heavy atom. The molecule has 1 atom stereocenters. The molecule has 0 radical (unpaired) electrons. The Morgan fingerprint density at radius 2 is 1.88 bits per heavy atom. The molecule has 0 aromatic rings. The van der Waals surface area contributed by atoms with E-state index in [1.54, 1.807) is 0 Å². The number of aliphatic hydroxyl groups is 2. The van der Waals surface area contributed by atoms with E-state index >= 15 is 0 Å². The molecule has 1 saturated heterocycles. The number of piperidine rings is 1. The second-order valence-corrected chi connectivity index (χ2v) is 5.71. The van der Waals surface area contributed by atoms with Gasteiger partial charge in [-0.3, -0.25) is 0 Å². The summed E-state index contributed by atoms with van der Waals surface area (Å²) in [5.74, 6) is 0.431. The molecule has 1 aliphatic carbocycles. The molecule has 16 heavy (non-hydrogen) atoms. The smallest absolute Gasteiger partial charge is 0.0774 e. The molecule has 3 heteroatoms. The molecule has 94 valence electrons. The predicted molar refractivity (Wildman–Crippen MR) is 64.3 cm³/mol. The van der Waals surface area contributed by atoms with Crippen molar-refractivity contribution in [1.29, 1.82) is 0 Å². The van der Waals surface area contributed by atoms with Gasteiger partial charge in [-0.25, -0.2) is 0 Å². The van der Waals surface area contributed by atoms with Crippen LogP contribution in [0.2, 0.25) is 0 Å². The lowest BCUT2D eigenvalue weighted by Crippen LogP contribution is -2.48. The normalized spacial score (nSPS) is 31.5. The van der Waals surface area contributed by atoms with Crippen LogP contribution in [0.4, 0.5) is 0 Å². The molecule has 1 aliphatic heterocycles. The van der Waals surface area contributed by atoms with Gasteiger partial charge in [0.1, 0.15) is 0 Å². The van der Waals surface area contributed by atoms with E-state index in [1.165, 1.54) is 25.7 Å². The van der Waals surface area contributed by atoms with E-state index < -0.39 is 5.60 Å². The summed E-state index contributed by atoms with van der Waals surface area (Å²) >= 11 is 0. The number of aliphatic hydroxyl groups excluding tert-OH is 1. The minimum absolute atomic E-state index is 0.301. The van der Waals surface area contributed by atoms with Crippen molar-refractivity contribution in [2.75, 3.05) is 26.2 Å². The number of rotatable bonds is 3. The Kier molecular flexibility index (Phi) is 4.22. The maximum absolute atomic E-state index is 10.5. The molecule has 3 nitrogen and oxygen atoms in total. The van der Waals surface area contributed by atoms with E-state index in [-0.39, 0.29) is 0 Å². The van der Waals surface area contributed by atoms with Crippen LogP contribution in [0.1, 0.15) is 44.9 Å². The Hall–Kier alpha value is -0.120. The molecule has 2 fully saturated rings. The molecule has 0 spiro atoms. The van der Waals surface area contributed by atoms with Gasteiger partial charge in [0.2, 0.25) is 0 Å². The van der Waals surface area contributed by atoms with Crippen LogP contribution in [0.15, 0.2) is 0 Å². The summed E-state index contributed by atoms with van der Waals surface area (Å²) in [6, 6.07) is 0. The first-order valence-electron chi connectivity index (χ1n) is 6.77. The second-order valence-electron chi connectivity index (χ2n) is 5.71. The zero-order chi connectivity index (χ0) is 11.4. The summed E-state index contributed by atoms with van der Waals surface area (Å²) in [4.78, 5) is 2.36. The molecule has 0 bridgehead atoms. The molecule has 2 N–H and O–H groups in total. The van der Waals surface area contributed by atoms with Gasteiger partial charge in [0.05, 0.1) is 5.60 Å². The van der Waals surface area contributed by atoms with Crippen LogP contribution in [-0.2, 0) is 0 Å². The SMILES string of the molecule is OCC1CCCN(CC2(O)CCCCC2)C1. The Bertz CT molecular complexity index is 214. The van der Waals surface area contributed by atoms with Crippen molar-refractivity contribution in [3.8, 4) is 0 Å². The topological polar surface area (TPSA) is 43.7 Å². The van der Waals surface area contributed by atoms with Gasteiger partial charge in [0.15, 0.2) is 0 Å². The summed E-state index contributed by atoms with van der Waals surface area (Å²) in [7, 11) is 0. The first-order chi connectivity index (χ1) is 7.72. The van der Waals surface area contributed by atoms with Gasteiger partial charge in [-0.05, 0) is 38.1 Å². The summed E-state index contributed by atoms with van der Waals surface area (Å²) in [5, 5.41) is 19.7. The Labute approximate surface area is 98.5 Å². The van der Waals surface area contributed by atoms with E-state index in [4.69, 9.17) is 0 Å². The first kappa shape index (κ1) is 12.3. The van der Waals surface area contributed by atoms with Gasteiger partial charge in [-0.1, -0.05) is 19.3 Å². The predicted octanol–water partition coefficient (Wildman–Crippen LogP) is 1.39. The fraction of sp³-hybridized carbons (Fsp3) is 1.00. The maximum Gasteiger partial charge on any atom is 0.0774 e. The highest BCUT2D eigenvalue weighted by atomic mass is 16.3. The van der Waals surface area contributed by atoms with Crippen molar-refractivity contribution >= 4 is 0 Å². The van der Waals surface area contributed by atoms with Gasteiger partial charge in [-0.2, -0.15) is 0 Å². The molecule has 0 aromatic carbocycles. The van der Waals surface area contributed by atoms with Crippen LogP contribution >= 0.6 is 0 Å². The van der Waals surface area contributed by atoms with Crippen LogP contribution in [0, 0.1) is 5.92 Å². The van der Waals surface area contributed by atoms with E-state index in [0.717, 1.165) is 38.9 Å². The highest BCUT2D eigenvalue weighted by Crippen LogP contribution is 2.30. The molecular weight excluding hydrogens is 202 g/mol. The van der Waals surface area contributed by atoms with Crippen molar-refractivity contribution < 1.29 is 10.2 Å². The minimum Gasteiger partial charge on any atom is -0.396 e. The van der Waals surface area contributed by atoms with Crippen LogP contribution in [0.25, 0.3) is 0 Å². The van der Waals surface area contributed by atoms with Gasteiger partial charge in [0.25, 0.3) is 0 Å². The summed E-state index contributed by atoms with van der Waals surface area (Å²) in [6.45, 7) is 3.19. The third-order valence-electron chi connectivity index (χ3n) is 4.16. The lowest BCUT2D eigenvalue weighted by molar-refractivity contribution is -0.0369. The number of likely N-dealkylation sites (tertiary alicyclic amines) is 1.